The summed E-state index contributed by atoms with van der Waals surface area (Å²) in [6.07, 6.45) is 2.36. The number of nitrogens with one attached hydrogen (secondary N) is 2. The fourth-order valence-electron chi connectivity index (χ4n) is 2.13. The summed E-state index contributed by atoms with van der Waals surface area (Å²) in [6.45, 7) is 0.690. The molecule has 24 heavy (non-hydrogen) atoms. The number of nitrogens with zero attached hydrogens (tertiary/aromatic N) is 3. The summed E-state index contributed by atoms with van der Waals surface area (Å²) in [5, 5.41) is 14.7. The van der Waals surface area contributed by atoms with Crippen LogP contribution >= 0.6 is 11.6 Å². The normalized spacial score (nSPS) is 10.4. The Morgan fingerprint density at radius 1 is 1.08 bits per heavy atom. The average Bonchev–Trinajstić information content (AvgIpc) is 2.58. The summed E-state index contributed by atoms with van der Waals surface area (Å²) in [5.41, 5.74) is 1.83. The number of anilines is 3. The van der Waals surface area contributed by atoms with Crippen molar-refractivity contribution in [3.8, 4) is 0 Å². The Kier molecular flexibility index (Phi) is 5.18. The van der Waals surface area contributed by atoms with Gasteiger partial charge in [0.1, 0.15) is 5.82 Å². The third-order valence-corrected chi connectivity index (χ3v) is 3.50. The minimum absolute atomic E-state index is 0.295. The van der Waals surface area contributed by atoms with Crippen LogP contribution in [0.2, 0.25) is 5.02 Å². The summed E-state index contributed by atoms with van der Waals surface area (Å²) >= 11 is 5.97. The molecule has 3 aromatic rings. The lowest BCUT2D eigenvalue weighted by Crippen LogP contribution is -2.08. The minimum Gasteiger partial charge on any atom is -0.368 e. The highest BCUT2D eigenvalue weighted by molar-refractivity contribution is 6.30. The smallest absolute Gasteiger partial charge is 0.249 e. The second-order valence-electron chi connectivity index (χ2n) is 5.10. The van der Waals surface area contributed by atoms with Crippen molar-refractivity contribution in [2.75, 3.05) is 17.2 Å². The van der Waals surface area contributed by atoms with Gasteiger partial charge in [0, 0.05) is 17.3 Å². The van der Waals surface area contributed by atoms with E-state index in [1.54, 1.807) is 18.3 Å². The van der Waals surface area contributed by atoms with Gasteiger partial charge < -0.3 is 10.6 Å². The molecule has 5 nitrogen and oxygen atoms in total. The number of benzene rings is 2. The van der Waals surface area contributed by atoms with E-state index in [4.69, 9.17) is 11.6 Å². The molecule has 0 fully saturated rings. The predicted octanol–water partition coefficient (Wildman–Crippen LogP) is 4.06. The Labute approximate surface area is 143 Å². The molecular formula is C17H15ClFN5. The Bertz CT molecular complexity index is 810. The fourth-order valence-corrected chi connectivity index (χ4v) is 2.34. The highest BCUT2D eigenvalue weighted by Crippen LogP contribution is 2.14. The molecule has 0 aliphatic rings. The molecule has 3 rings (SSSR count). The Balaban J connectivity index is 1.57. The van der Waals surface area contributed by atoms with Crippen LogP contribution in [0.5, 0.6) is 0 Å². The van der Waals surface area contributed by atoms with E-state index in [0.717, 1.165) is 17.0 Å². The quantitative estimate of drug-likeness (QED) is 0.706. The second kappa shape index (κ2) is 7.70. The molecule has 1 heterocycles. The zero-order valence-electron chi connectivity index (χ0n) is 12.7. The van der Waals surface area contributed by atoms with Crippen molar-refractivity contribution >= 4 is 29.1 Å². The molecule has 2 N–H and O–H groups in total. The first-order chi connectivity index (χ1) is 11.7. The molecule has 0 saturated carbocycles. The lowest BCUT2D eigenvalue weighted by Gasteiger charge is -2.08. The summed E-state index contributed by atoms with van der Waals surface area (Å²) in [6, 6.07) is 13.7. The van der Waals surface area contributed by atoms with Gasteiger partial charge in [-0.1, -0.05) is 23.7 Å². The van der Waals surface area contributed by atoms with Gasteiger partial charge in [0.2, 0.25) is 5.95 Å². The molecule has 0 unspecified atom stereocenters. The van der Waals surface area contributed by atoms with Gasteiger partial charge in [0.15, 0.2) is 5.82 Å². The maximum Gasteiger partial charge on any atom is 0.249 e. The zero-order valence-corrected chi connectivity index (χ0v) is 13.5. The standard InChI is InChI=1S/C17H15ClFN5/c18-13-3-1-2-12(10-13)8-9-20-16-11-21-24-17(23-16)22-15-6-4-14(19)5-7-15/h1-7,10-11H,8-9H2,(H2,20,22,23,24). The van der Waals surface area contributed by atoms with E-state index in [-0.39, 0.29) is 5.82 Å². The van der Waals surface area contributed by atoms with Crippen molar-refractivity contribution in [2.24, 2.45) is 0 Å². The molecule has 7 heteroatoms. The molecule has 0 saturated heterocycles. The topological polar surface area (TPSA) is 62.7 Å². The van der Waals surface area contributed by atoms with Crippen LogP contribution in [0.15, 0.2) is 54.7 Å². The van der Waals surface area contributed by atoms with Gasteiger partial charge in [-0.05, 0) is 48.4 Å². The molecule has 122 valence electrons. The Morgan fingerprint density at radius 2 is 1.92 bits per heavy atom. The zero-order chi connectivity index (χ0) is 16.8. The lowest BCUT2D eigenvalue weighted by atomic mass is 10.1. The summed E-state index contributed by atoms with van der Waals surface area (Å²) in [4.78, 5) is 4.32. The fraction of sp³-hybridized carbons (Fsp3) is 0.118. The monoisotopic (exact) mass is 343 g/mol. The van der Waals surface area contributed by atoms with Gasteiger partial charge >= 0.3 is 0 Å². The second-order valence-corrected chi connectivity index (χ2v) is 5.54. The van der Waals surface area contributed by atoms with Crippen LogP contribution in [-0.2, 0) is 6.42 Å². The third kappa shape index (κ3) is 4.63. The van der Waals surface area contributed by atoms with Crippen LogP contribution in [0.25, 0.3) is 0 Å². The molecule has 0 bridgehead atoms. The molecular weight excluding hydrogens is 329 g/mol. The molecule has 0 aliphatic carbocycles. The van der Waals surface area contributed by atoms with Gasteiger partial charge in [-0.15, -0.1) is 5.10 Å². The Morgan fingerprint density at radius 3 is 2.71 bits per heavy atom. The van der Waals surface area contributed by atoms with Gasteiger partial charge in [-0.2, -0.15) is 10.1 Å². The van der Waals surface area contributed by atoms with Crippen LogP contribution in [0.3, 0.4) is 0 Å². The number of halogens is 2. The van der Waals surface area contributed by atoms with E-state index in [9.17, 15) is 4.39 Å². The van der Waals surface area contributed by atoms with Gasteiger partial charge in [0.25, 0.3) is 0 Å². The number of hydrogen-bond donors (Lipinski definition) is 2. The van der Waals surface area contributed by atoms with E-state index in [1.165, 1.54) is 12.1 Å². The number of hydrogen-bond acceptors (Lipinski definition) is 5. The van der Waals surface area contributed by atoms with Crippen molar-refractivity contribution < 1.29 is 4.39 Å². The van der Waals surface area contributed by atoms with Crippen molar-refractivity contribution in [3.05, 3.63) is 71.1 Å². The van der Waals surface area contributed by atoms with Crippen molar-refractivity contribution in [1.82, 2.24) is 15.2 Å². The van der Waals surface area contributed by atoms with E-state index < -0.39 is 0 Å². The predicted molar refractivity (Wildman–Crippen MR) is 93.2 cm³/mol. The third-order valence-electron chi connectivity index (χ3n) is 3.27. The highest BCUT2D eigenvalue weighted by Gasteiger charge is 2.02. The van der Waals surface area contributed by atoms with E-state index in [2.05, 4.69) is 25.8 Å². The van der Waals surface area contributed by atoms with Crippen molar-refractivity contribution in [1.29, 1.82) is 0 Å². The molecule has 1 aromatic heterocycles. The molecule has 0 spiro atoms. The summed E-state index contributed by atoms with van der Waals surface area (Å²) in [5.74, 6) is 0.655. The van der Waals surface area contributed by atoms with E-state index in [1.807, 2.05) is 24.3 Å². The van der Waals surface area contributed by atoms with Gasteiger partial charge in [0.05, 0.1) is 6.20 Å². The van der Waals surface area contributed by atoms with Crippen LogP contribution in [0, 0.1) is 5.82 Å². The summed E-state index contributed by atoms with van der Waals surface area (Å²) < 4.78 is 12.9. The van der Waals surface area contributed by atoms with Crippen LogP contribution < -0.4 is 10.6 Å². The maximum atomic E-state index is 12.9. The van der Waals surface area contributed by atoms with Crippen molar-refractivity contribution in [3.63, 3.8) is 0 Å². The molecule has 0 radical (unpaired) electrons. The highest BCUT2D eigenvalue weighted by atomic mass is 35.5. The van der Waals surface area contributed by atoms with Crippen LogP contribution in [-0.4, -0.2) is 21.7 Å². The SMILES string of the molecule is Fc1ccc(Nc2nncc(NCCc3cccc(Cl)c3)n2)cc1. The van der Waals surface area contributed by atoms with Crippen LogP contribution in [0.4, 0.5) is 21.8 Å². The molecule has 0 aliphatic heterocycles. The number of aromatic nitrogens is 3. The summed E-state index contributed by atoms with van der Waals surface area (Å²) in [7, 11) is 0. The molecule has 2 aromatic carbocycles. The van der Waals surface area contributed by atoms with E-state index in [0.29, 0.717) is 24.0 Å². The largest absolute Gasteiger partial charge is 0.368 e. The van der Waals surface area contributed by atoms with Crippen molar-refractivity contribution in [2.45, 2.75) is 6.42 Å². The van der Waals surface area contributed by atoms with Gasteiger partial charge in [-0.25, -0.2) is 4.39 Å². The molecule has 0 atom stereocenters. The molecule has 0 amide bonds. The first-order valence-corrected chi connectivity index (χ1v) is 7.77. The Hall–Kier alpha value is -2.73. The first kappa shape index (κ1) is 16.1. The van der Waals surface area contributed by atoms with Crippen LogP contribution in [0.1, 0.15) is 5.56 Å². The first-order valence-electron chi connectivity index (χ1n) is 7.40. The van der Waals surface area contributed by atoms with E-state index >= 15 is 0 Å². The lowest BCUT2D eigenvalue weighted by molar-refractivity contribution is 0.628. The maximum absolute atomic E-state index is 12.9. The number of rotatable bonds is 6. The minimum atomic E-state index is -0.295. The van der Waals surface area contributed by atoms with Gasteiger partial charge in [-0.3, -0.25) is 0 Å². The average molecular weight is 344 g/mol.